The van der Waals surface area contributed by atoms with Gasteiger partial charge in [0.05, 0.1) is 4.90 Å². The third-order valence-electron chi connectivity index (χ3n) is 3.94. The van der Waals surface area contributed by atoms with Crippen LogP contribution >= 0.6 is 0 Å². The molecule has 0 radical (unpaired) electrons. The minimum absolute atomic E-state index is 0.411. The molecule has 2 rings (SSSR count). The van der Waals surface area contributed by atoms with Crippen LogP contribution in [0, 0.1) is 19.8 Å². The van der Waals surface area contributed by atoms with Gasteiger partial charge in [-0.1, -0.05) is 12.1 Å². The Hall–Kier alpha value is -0.910. The summed E-state index contributed by atoms with van der Waals surface area (Å²) >= 11 is 0. The van der Waals surface area contributed by atoms with Crippen LogP contribution in [0.15, 0.2) is 23.1 Å². The third-order valence-corrected chi connectivity index (χ3v) is 5.94. The van der Waals surface area contributed by atoms with E-state index in [1.807, 2.05) is 33.0 Å². The number of sulfonamides is 1. The number of nitrogens with zero attached hydrogens (tertiary/aromatic N) is 1. The van der Waals surface area contributed by atoms with Crippen molar-refractivity contribution in [1.82, 2.24) is 9.62 Å². The maximum atomic E-state index is 12.8. The molecule has 1 heterocycles. The summed E-state index contributed by atoms with van der Waals surface area (Å²) in [5.74, 6) is 0.411. The van der Waals surface area contributed by atoms with Gasteiger partial charge in [-0.25, -0.2) is 8.42 Å². The Bertz CT molecular complexity index is 567. The van der Waals surface area contributed by atoms with E-state index < -0.39 is 10.0 Å². The van der Waals surface area contributed by atoms with E-state index >= 15 is 0 Å². The number of benzene rings is 1. The smallest absolute Gasteiger partial charge is 0.243 e. The van der Waals surface area contributed by atoms with Gasteiger partial charge in [-0.15, -0.1) is 0 Å². The molecular formula is C15H24N2O2S. The fourth-order valence-corrected chi connectivity index (χ4v) is 4.69. The first-order valence-electron chi connectivity index (χ1n) is 7.17. The summed E-state index contributed by atoms with van der Waals surface area (Å²) < 4.78 is 27.3. The molecule has 0 aromatic heterocycles. The zero-order valence-corrected chi connectivity index (χ0v) is 13.3. The van der Waals surface area contributed by atoms with Gasteiger partial charge in [0, 0.05) is 13.1 Å². The predicted molar refractivity (Wildman–Crippen MR) is 81.3 cm³/mol. The molecule has 0 bridgehead atoms. The molecule has 1 fully saturated rings. The maximum Gasteiger partial charge on any atom is 0.243 e. The highest BCUT2D eigenvalue weighted by atomic mass is 32.2. The van der Waals surface area contributed by atoms with Gasteiger partial charge in [-0.3, -0.25) is 0 Å². The van der Waals surface area contributed by atoms with Gasteiger partial charge >= 0.3 is 0 Å². The molecule has 0 aliphatic carbocycles. The zero-order valence-electron chi connectivity index (χ0n) is 12.5. The first kappa shape index (κ1) is 15.5. The summed E-state index contributed by atoms with van der Waals surface area (Å²) in [6, 6.07) is 5.62. The van der Waals surface area contributed by atoms with Gasteiger partial charge in [0.25, 0.3) is 0 Å². The van der Waals surface area contributed by atoms with E-state index in [2.05, 4.69) is 5.32 Å². The first-order valence-corrected chi connectivity index (χ1v) is 8.61. The van der Waals surface area contributed by atoms with E-state index in [4.69, 9.17) is 0 Å². The van der Waals surface area contributed by atoms with E-state index in [1.54, 1.807) is 10.4 Å². The summed E-state index contributed by atoms with van der Waals surface area (Å²) in [5, 5.41) is 3.15. The fourth-order valence-electron chi connectivity index (χ4n) is 2.82. The highest BCUT2D eigenvalue weighted by molar-refractivity contribution is 7.89. The topological polar surface area (TPSA) is 49.4 Å². The molecule has 1 aliphatic heterocycles. The van der Waals surface area contributed by atoms with Crippen molar-refractivity contribution in [2.45, 2.75) is 31.6 Å². The maximum absolute atomic E-state index is 12.8. The molecule has 1 aromatic carbocycles. The van der Waals surface area contributed by atoms with Crippen molar-refractivity contribution in [2.24, 2.45) is 5.92 Å². The molecular weight excluding hydrogens is 272 g/mol. The normalized spacial score (nSPS) is 21.1. The molecule has 1 saturated heterocycles. The highest BCUT2D eigenvalue weighted by Crippen LogP contribution is 2.26. The van der Waals surface area contributed by atoms with Crippen molar-refractivity contribution >= 4 is 10.0 Å². The quantitative estimate of drug-likeness (QED) is 0.923. The second kappa shape index (κ2) is 6.24. The Morgan fingerprint density at radius 2 is 2.10 bits per heavy atom. The van der Waals surface area contributed by atoms with Crippen molar-refractivity contribution in [3.8, 4) is 0 Å². The number of rotatable bonds is 4. The Labute approximate surface area is 122 Å². The lowest BCUT2D eigenvalue weighted by atomic mass is 10.00. The summed E-state index contributed by atoms with van der Waals surface area (Å²) in [6.45, 7) is 5.92. The molecule has 112 valence electrons. The van der Waals surface area contributed by atoms with Crippen LogP contribution in [-0.4, -0.2) is 39.4 Å². The van der Waals surface area contributed by atoms with Crippen LogP contribution in [0.25, 0.3) is 0 Å². The third kappa shape index (κ3) is 3.22. The van der Waals surface area contributed by atoms with Crippen LogP contribution in [0.4, 0.5) is 0 Å². The van der Waals surface area contributed by atoms with Crippen molar-refractivity contribution in [2.75, 3.05) is 26.7 Å². The van der Waals surface area contributed by atoms with Crippen molar-refractivity contribution in [3.63, 3.8) is 0 Å². The van der Waals surface area contributed by atoms with Crippen molar-refractivity contribution in [3.05, 3.63) is 29.3 Å². The zero-order chi connectivity index (χ0) is 14.8. The van der Waals surface area contributed by atoms with E-state index in [-0.39, 0.29) is 0 Å². The lowest BCUT2D eigenvalue weighted by Crippen LogP contribution is -2.42. The average Bonchev–Trinajstić information content (AvgIpc) is 2.42. The molecule has 1 aromatic rings. The largest absolute Gasteiger partial charge is 0.319 e. The summed E-state index contributed by atoms with van der Waals surface area (Å²) in [5.41, 5.74) is 1.81. The average molecular weight is 296 g/mol. The SMILES string of the molecule is CNC[C@@H]1CCCN(S(=O)(=O)c2cc(C)ccc2C)C1. The van der Waals surface area contributed by atoms with Crippen LogP contribution in [0.3, 0.4) is 0 Å². The van der Waals surface area contributed by atoms with Gasteiger partial charge in [-0.05, 0) is 63.4 Å². The van der Waals surface area contributed by atoms with Crippen LogP contribution in [0.2, 0.25) is 0 Å². The Morgan fingerprint density at radius 3 is 2.80 bits per heavy atom. The van der Waals surface area contributed by atoms with Gasteiger partial charge in [0.15, 0.2) is 0 Å². The number of piperidine rings is 1. The standard InChI is InChI=1S/C15H24N2O2S/c1-12-6-7-13(2)15(9-12)20(18,19)17-8-4-5-14(11-17)10-16-3/h6-7,9,14,16H,4-5,8,10-11H2,1-3H3/t14-/m0/s1. The molecule has 1 aliphatic rings. The molecule has 0 unspecified atom stereocenters. The summed E-state index contributed by atoms with van der Waals surface area (Å²) in [6.07, 6.45) is 2.04. The molecule has 4 nitrogen and oxygen atoms in total. The van der Waals surface area contributed by atoms with Crippen LogP contribution in [0.5, 0.6) is 0 Å². The number of aryl methyl sites for hydroxylation is 2. The van der Waals surface area contributed by atoms with Crippen molar-refractivity contribution < 1.29 is 8.42 Å². The van der Waals surface area contributed by atoms with Crippen LogP contribution in [0.1, 0.15) is 24.0 Å². The lowest BCUT2D eigenvalue weighted by Gasteiger charge is -2.32. The van der Waals surface area contributed by atoms with Crippen LogP contribution < -0.4 is 5.32 Å². The van der Waals surface area contributed by atoms with Crippen LogP contribution in [-0.2, 0) is 10.0 Å². The van der Waals surface area contributed by atoms with E-state index in [1.165, 1.54) is 0 Å². The highest BCUT2D eigenvalue weighted by Gasteiger charge is 2.30. The monoisotopic (exact) mass is 296 g/mol. The summed E-state index contributed by atoms with van der Waals surface area (Å²) in [4.78, 5) is 0.461. The van der Waals surface area contributed by atoms with Gasteiger partial charge in [0.2, 0.25) is 10.0 Å². The van der Waals surface area contributed by atoms with E-state index in [0.29, 0.717) is 23.9 Å². The minimum Gasteiger partial charge on any atom is -0.319 e. The first-order chi connectivity index (χ1) is 9.45. The Balaban J connectivity index is 2.27. The summed E-state index contributed by atoms with van der Waals surface area (Å²) in [7, 11) is -1.45. The van der Waals surface area contributed by atoms with E-state index in [0.717, 1.165) is 30.5 Å². The number of nitrogens with one attached hydrogen (secondary N) is 1. The number of hydrogen-bond donors (Lipinski definition) is 1. The molecule has 0 amide bonds. The Morgan fingerprint density at radius 1 is 1.35 bits per heavy atom. The second-order valence-electron chi connectivity index (χ2n) is 5.70. The lowest BCUT2D eigenvalue weighted by molar-refractivity contribution is 0.263. The minimum atomic E-state index is -3.36. The van der Waals surface area contributed by atoms with Gasteiger partial charge in [-0.2, -0.15) is 4.31 Å². The van der Waals surface area contributed by atoms with E-state index in [9.17, 15) is 8.42 Å². The molecule has 0 spiro atoms. The molecule has 20 heavy (non-hydrogen) atoms. The van der Waals surface area contributed by atoms with Gasteiger partial charge < -0.3 is 5.32 Å². The fraction of sp³-hybridized carbons (Fsp3) is 0.600. The molecule has 0 saturated carbocycles. The van der Waals surface area contributed by atoms with Gasteiger partial charge in [0.1, 0.15) is 0 Å². The second-order valence-corrected chi connectivity index (χ2v) is 7.60. The number of hydrogen-bond acceptors (Lipinski definition) is 3. The molecule has 5 heteroatoms. The predicted octanol–water partition coefficient (Wildman–Crippen LogP) is 1.92. The molecule has 1 atom stereocenters. The van der Waals surface area contributed by atoms with Crippen molar-refractivity contribution in [1.29, 1.82) is 0 Å². The molecule has 1 N–H and O–H groups in total. The Kier molecular flexibility index (Phi) is 4.83.